The van der Waals surface area contributed by atoms with Crippen molar-refractivity contribution >= 4 is 39.0 Å². The van der Waals surface area contributed by atoms with E-state index in [1.165, 1.54) is 55.6 Å². The summed E-state index contributed by atoms with van der Waals surface area (Å²) in [7, 11) is 0. The first-order valence-corrected chi connectivity index (χ1v) is 18.9. The molecule has 0 aliphatic heterocycles. The highest BCUT2D eigenvalue weighted by Gasteiger charge is 2.44. The zero-order valence-corrected chi connectivity index (χ0v) is 30.3. The van der Waals surface area contributed by atoms with E-state index in [1.54, 1.807) is 0 Å². The third-order valence-electron chi connectivity index (χ3n) is 12.4. The van der Waals surface area contributed by atoms with Crippen LogP contribution in [0.1, 0.15) is 47.2 Å². The molecule has 0 radical (unpaired) electrons. The van der Waals surface area contributed by atoms with Crippen molar-refractivity contribution in [2.45, 2.75) is 24.7 Å². The number of benzene rings is 8. The Kier molecular flexibility index (Phi) is 6.55. The molecular weight excluding hydrogens is 655 g/mol. The van der Waals surface area contributed by atoms with E-state index in [1.807, 2.05) is 0 Å². The zero-order chi connectivity index (χ0) is 36.0. The minimum Gasteiger partial charge on any atom is -0.454 e. The van der Waals surface area contributed by atoms with E-state index in [4.69, 9.17) is 4.42 Å². The van der Waals surface area contributed by atoms with Crippen LogP contribution in [-0.2, 0) is 10.8 Å². The van der Waals surface area contributed by atoms with Crippen LogP contribution in [0.3, 0.4) is 0 Å². The largest absolute Gasteiger partial charge is 0.454 e. The number of hydrogen-bond acceptors (Lipinski definition) is 2. The molecule has 0 fully saturated rings. The minimum atomic E-state index is -0.325. The maximum atomic E-state index is 6.80. The summed E-state index contributed by atoms with van der Waals surface area (Å²) in [5, 5.41) is 2.23. The van der Waals surface area contributed by atoms with E-state index in [0.29, 0.717) is 0 Å². The van der Waals surface area contributed by atoms with Gasteiger partial charge in [-0.1, -0.05) is 158 Å². The fourth-order valence-electron chi connectivity index (χ4n) is 9.82. The van der Waals surface area contributed by atoms with Crippen LogP contribution < -0.4 is 4.90 Å². The van der Waals surface area contributed by atoms with E-state index < -0.39 is 0 Å². The molecule has 0 N–H and O–H groups in total. The Morgan fingerprint density at radius 3 is 1.70 bits per heavy atom. The second-order valence-electron chi connectivity index (χ2n) is 15.1. The number of nitrogens with zero attached hydrogens (tertiary/aromatic N) is 1. The zero-order valence-electron chi connectivity index (χ0n) is 30.3. The van der Waals surface area contributed by atoms with Gasteiger partial charge in [-0.15, -0.1) is 0 Å². The van der Waals surface area contributed by atoms with Gasteiger partial charge in [0.05, 0.1) is 11.4 Å². The number of fused-ring (bicyclic) bond motifs is 9. The van der Waals surface area contributed by atoms with E-state index in [9.17, 15) is 0 Å². The van der Waals surface area contributed by atoms with Gasteiger partial charge in [0, 0.05) is 32.9 Å². The van der Waals surface area contributed by atoms with Gasteiger partial charge in [0.1, 0.15) is 5.58 Å². The number of rotatable bonds is 5. The van der Waals surface area contributed by atoms with E-state index in [-0.39, 0.29) is 10.8 Å². The molecule has 8 aromatic carbocycles. The molecule has 2 heteroatoms. The summed E-state index contributed by atoms with van der Waals surface area (Å²) >= 11 is 0. The number of hydrogen-bond donors (Lipinski definition) is 0. The standard InChI is InChI=1S/C52H37NO/c1-51(34-17-5-3-6-18-34)42-25-12-9-21-37(42)41-33-36(31-32-44(41)51)53(47-29-15-24-39-38-22-11-14-30-48(38)54-50(39)47)46-28-16-27-45-49(46)40-23-10-13-26-43(40)52(45,2)35-19-7-4-8-20-35/h3-33H,1-2H3. The molecule has 2 unspecified atom stereocenters. The lowest BCUT2D eigenvalue weighted by molar-refractivity contribution is 0.669. The maximum absolute atomic E-state index is 6.80. The van der Waals surface area contributed by atoms with Gasteiger partial charge in [0.15, 0.2) is 5.58 Å². The first-order valence-electron chi connectivity index (χ1n) is 18.9. The number of para-hydroxylation sites is 2. The molecule has 1 aromatic heterocycles. The molecule has 0 saturated carbocycles. The first-order chi connectivity index (χ1) is 26.6. The molecule has 0 bridgehead atoms. The number of anilines is 3. The Balaban J connectivity index is 1.22. The second-order valence-corrected chi connectivity index (χ2v) is 15.1. The Morgan fingerprint density at radius 1 is 0.407 bits per heavy atom. The first kappa shape index (κ1) is 30.9. The van der Waals surface area contributed by atoms with Crippen LogP contribution in [0.4, 0.5) is 17.1 Å². The van der Waals surface area contributed by atoms with Crippen LogP contribution in [0.2, 0.25) is 0 Å². The Morgan fingerprint density at radius 2 is 0.944 bits per heavy atom. The molecule has 0 amide bonds. The summed E-state index contributed by atoms with van der Waals surface area (Å²) in [5.74, 6) is 0. The number of furan rings is 1. The van der Waals surface area contributed by atoms with Crippen LogP contribution in [0, 0.1) is 0 Å². The summed E-state index contributed by atoms with van der Waals surface area (Å²) in [6.07, 6.45) is 0. The quantitative estimate of drug-likeness (QED) is 0.179. The van der Waals surface area contributed by atoms with Gasteiger partial charge >= 0.3 is 0 Å². The molecular formula is C52H37NO. The highest BCUT2D eigenvalue weighted by molar-refractivity contribution is 6.11. The average molecular weight is 692 g/mol. The van der Waals surface area contributed by atoms with Crippen molar-refractivity contribution in [2.75, 3.05) is 4.90 Å². The highest BCUT2D eigenvalue weighted by atomic mass is 16.3. The molecule has 2 aliphatic carbocycles. The Labute approximate surface area is 315 Å². The normalized spacial score (nSPS) is 18.0. The molecule has 54 heavy (non-hydrogen) atoms. The fourth-order valence-corrected chi connectivity index (χ4v) is 9.82. The van der Waals surface area contributed by atoms with Gasteiger partial charge in [-0.25, -0.2) is 0 Å². The monoisotopic (exact) mass is 691 g/mol. The average Bonchev–Trinajstić information content (AvgIpc) is 3.84. The van der Waals surface area contributed by atoms with Gasteiger partial charge in [-0.05, 0) is 94.3 Å². The van der Waals surface area contributed by atoms with Gasteiger partial charge < -0.3 is 9.32 Å². The van der Waals surface area contributed by atoms with Gasteiger partial charge in [0.25, 0.3) is 0 Å². The van der Waals surface area contributed by atoms with Crippen molar-refractivity contribution in [1.29, 1.82) is 0 Å². The van der Waals surface area contributed by atoms with Crippen molar-refractivity contribution in [3.63, 3.8) is 0 Å². The van der Waals surface area contributed by atoms with E-state index in [0.717, 1.165) is 39.0 Å². The lowest BCUT2D eigenvalue weighted by Crippen LogP contribution is -2.22. The molecule has 9 aromatic rings. The molecule has 2 nitrogen and oxygen atoms in total. The predicted octanol–water partition coefficient (Wildman–Crippen LogP) is 13.7. The summed E-state index contributed by atoms with van der Waals surface area (Å²) in [6, 6.07) is 68.8. The maximum Gasteiger partial charge on any atom is 0.159 e. The van der Waals surface area contributed by atoms with E-state index in [2.05, 4.69) is 207 Å². The van der Waals surface area contributed by atoms with Crippen LogP contribution >= 0.6 is 0 Å². The van der Waals surface area contributed by atoms with Crippen molar-refractivity contribution in [3.8, 4) is 22.3 Å². The smallest absolute Gasteiger partial charge is 0.159 e. The van der Waals surface area contributed by atoms with Crippen LogP contribution in [-0.4, -0.2) is 0 Å². The molecule has 2 atom stereocenters. The summed E-state index contributed by atoms with van der Waals surface area (Å²) in [4.78, 5) is 2.46. The fraction of sp³-hybridized carbons (Fsp3) is 0.0769. The molecule has 1 heterocycles. The summed E-state index contributed by atoms with van der Waals surface area (Å²) < 4.78 is 6.80. The molecule has 11 rings (SSSR count). The Hall–Kier alpha value is -6.64. The van der Waals surface area contributed by atoms with E-state index >= 15 is 0 Å². The predicted molar refractivity (Wildman–Crippen MR) is 223 cm³/mol. The third-order valence-corrected chi connectivity index (χ3v) is 12.4. The Bertz CT molecular complexity index is 2920. The van der Waals surface area contributed by atoms with Crippen LogP contribution in [0.5, 0.6) is 0 Å². The third kappa shape index (κ3) is 4.11. The van der Waals surface area contributed by atoms with Crippen LogP contribution in [0.25, 0.3) is 44.2 Å². The lowest BCUT2D eigenvalue weighted by atomic mass is 9.74. The summed E-state index contributed by atoms with van der Waals surface area (Å²) in [6.45, 7) is 4.77. The SMILES string of the molecule is CC1(c2ccccc2)c2ccccc2-c2cc(N(c3cccc4c3-c3ccccc3C4(C)c3ccccc3)c3cccc4c3oc3ccccc34)ccc21. The molecule has 0 spiro atoms. The van der Waals surface area contributed by atoms with Crippen molar-refractivity contribution in [2.24, 2.45) is 0 Å². The van der Waals surface area contributed by atoms with Gasteiger partial charge in [-0.2, -0.15) is 0 Å². The van der Waals surface area contributed by atoms with Crippen LogP contribution in [0.15, 0.2) is 192 Å². The molecule has 256 valence electrons. The van der Waals surface area contributed by atoms with Crippen molar-refractivity contribution < 1.29 is 4.42 Å². The highest BCUT2D eigenvalue weighted by Crippen LogP contribution is 2.58. The minimum absolute atomic E-state index is 0.278. The second kappa shape index (κ2) is 11.4. The van der Waals surface area contributed by atoms with Crippen molar-refractivity contribution in [3.05, 3.63) is 221 Å². The molecule has 0 saturated heterocycles. The molecule has 2 aliphatic rings. The van der Waals surface area contributed by atoms with Gasteiger partial charge in [0.2, 0.25) is 0 Å². The lowest BCUT2D eigenvalue weighted by Gasteiger charge is -2.31. The topological polar surface area (TPSA) is 16.4 Å². The van der Waals surface area contributed by atoms with Gasteiger partial charge in [-0.3, -0.25) is 0 Å². The summed E-state index contributed by atoms with van der Waals surface area (Å²) in [5.41, 5.74) is 17.3. The van der Waals surface area contributed by atoms with Crippen molar-refractivity contribution in [1.82, 2.24) is 0 Å².